The first kappa shape index (κ1) is 20.9. The molecule has 2 rings (SSSR count). The van der Waals surface area contributed by atoms with Gasteiger partial charge in [-0.25, -0.2) is 4.39 Å². The quantitative estimate of drug-likeness (QED) is 0.478. The zero-order valence-corrected chi connectivity index (χ0v) is 15.5. The van der Waals surface area contributed by atoms with Gasteiger partial charge in [0.15, 0.2) is 0 Å². The average Bonchev–Trinajstić information content (AvgIpc) is 2.71. The van der Waals surface area contributed by atoms with Gasteiger partial charge in [0.1, 0.15) is 11.6 Å². The van der Waals surface area contributed by atoms with Crippen molar-refractivity contribution < 1.29 is 23.5 Å². The number of nitrogens with one attached hydrogen (secondary N) is 3. The third-order valence-electron chi connectivity index (χ3n) is 3.69. The SMILES string of the molecule is CCCCOc1ccc(C(=O)NNC(=O)CNC(=O)c2cccc(F)c2)cc1. The summed E-state index contributed by atoms with van der Waals surface area (Å²) in [6, 6.07) is 11.6. The van der Waals surface area contributed by atoms with Crippen molar-refractivity contribution in [2.75, 3.05) is 13.2 Å². The summed E-state index contributed by atoms with van der Waals surface area (Å²) in [7, 11) is 0. The Kier molecular flexibility index (Phi) is 7.95. The molecule has 0 aliphatic heterocycles. The van der Waals surface area contributed by atoms with Gasteiger partial charge in [-0.05, 0) is 48.9 Å². The van der Waals surface area contributed by atoms with Gasteiger partial charge in [0.25, 0.3) is 17.7 Å². The predicted octanol–water partition coefficient (Wildman–Crippen LogP) is 2.20. The molecule has 3 amide bonds. The minimum Gasteiger partial charge on any atom is -0.494 e. The van der Waals surface area contributed by atoms with Crippen LogP contribution in [-0.2, 0) is 4.79 Å². The molecule has 0 bridgehead atoms. The first-order valence-electron chi connectivity index (χ1n) is 8.85. The minimum absolute atomic E-state index is 0.0954. The van der Waals surface area contributed by atoms with Crippen molar-refractivity contribution in [2.45, 2.75) is 19.8 Å². The van der Waals surface area contributed by atoms with Gasteiger partial charge in [0, 0.05) is 11.1 Å². The van der Waals surface area contributed by atoms with E-state index in [2.05, 4.69) is 23.1 Å². The molecule has 0 spiro atoms. The number of halogens is 1. The summed E-state index contributed by atoms with van der Waals surface area (Å²) < 4.78 is 18.6. The highest BCUT2D eigenvalue weighted by atomic mass is 19.1. The summed E-state index contributed by atoms with van der Waals surface area (Å²) in [5, 5.41) is 2.34. The fraction of sp³-hybridized carbons (Fsp3) is 0.250. The summed E-state index contributed by atoms with van der Waals surface area (Å²) in [6.07, 6.45) is 1.98. The average molecular weight is 387 g/mol. The lowest BCUT2D eigenvalue weighted by Gasteiger charge is -2.09. The molecule has 28 heavy (non-hydrogen) atoms. The third kappa shape index (κ3) is 6.71. The van der Waals surface area contributed by atoms with Crippen LogP contribution in [0.3, 0.4) is 0 Å². The van der Waals surface area contributed by atoms with Gasteiger partial charge < -0.3 is 10.1 Å². The maximum atomic E-state index is 13.1. The largest absolute Gasteiger partial charge is 0.494 e. The Balaban J connectivity index is 1.74. The van der Waals surface area contributed by atoms with Crippen LogP contribution in [0.25, 0.3) is 0 Å². The van der Waals surface area contributed by atoms with Crippen molar-refractivity contribution in [3.63, 3.8) is 0 Å². The van der Waals surface area contributed by atoms with Crippen LogP contribution in [0.15, 0.2) is 48.5 Å². The first-order chi connectivity index (χ1) is 13.5. The van der Waals surface area contributed by atoms with Gasteiger partial charge in [0.05, 0.1) is 13.2 Å². The van der Waals surface area contributed by atoms with Crippen LogP contribution >= 0.6 is 0 Å². The fourth-order valence-electron chi connectivity index (χ4n) is 2.17. The van der Waals surface area contributed by atoms with E-state index in [0.29, 0.717) is 17.9 Å². The van der Waals surface area contributed by atoms with E-state index < -0.39 is 23.5 Å². The van der Waals surface area contributed by atoms with E-state index in [0.717, 1.165) is 18.9 Å². The summed E-state index contributed by atoms with van der Waals surface area (Å²) in [6.45, 7) is 2.30. The normalized spacial score (nSPS) is 10.1. The topological polar surface area (TPSA) is 96.5 Å². The van der Waals surface area contributed by atoms with Crippen LogP contribution in [0, 0.1) is 5.82 Å². The number of hydrogen-bond acceptors (Lipinski definition) is 4. The minimum atomic E-state index is -0.627. The Bertz CT molecular complexity index is 824. The van der Waals surface area contributed by atoms with Crippen molar-refractivity contribution in [2.24, 2.45) is 0 Å². The van der Waals surface area contributed by atoms with Crippen LogP contribution in [0.5, 0.6) is 5.75 Å². The number of rotatable bonds is 8. The molecule has 2 aromatic carbocycles. The maximum absolute atomic E-state index is 13.1. The number of carbonyl (C=O) groups is 3. The number of hydrogen-bond donors (Lipinski definition) is 3. The van der Waals surface area contributed by atoms with Gasteiger partial charge >= 0.3 is 0 Å². The van der Waals surface area contributed by atoms with E-state index in [1.54, 1.807) is 24.3 Å². The monoisotopic (exact) mass is 387 g/mol. The van der Waals surface area contributed by atoms with Gasteiger partial charge in [-0.3, -0.25) is 25.2 Å². The highest BCUT2D eigenvalue weighted by Gasteiger charge is 2.10. The number of benzene rings is 2. The van der Waals surface area contributed by atoms with E-state index in [4.69, 9.17) is 4.74 Å². The summed E-state index contributed by atoms with van der Waals surface area (Å²) in [5.74, 6) is -1.62. The molecule has 3 N–H and O–H groups in total. The Morgan fingerprint density at radius 2 is 1.71 bits per heavy atom. The summed E-state index contributed by atoms with van der Waals surface area (Å²) >= 11 is 0. The number of amides is 3. The molecule has 0 aliphatic rings. The molecule has 0 aliphatic carbocycles. The van der Waals surface area contributed by atoms with Crippen molar-refractivity contribution >= 4 is 17.7 Å². The molecule has 0 radical (unpaired) electrons. The molecule has 2 aromatic rings. The molecule has 0 fully saturated rings. The molecule has 0 saturated carbocycles. The molecule has 148 valence electrons. The molecule has 0 atom stereocenters. The van der Waals surface area contributed by atoms with E-state index in [1.165, 1.54) is 18.2 Å². The third-order valence-corrected chi connectivity index (χ3v) is 3.69. The molecule has 0 aromatic heterocycles. The van der Waals surface area contributed by atoms with Gasteiger partial charge in [-0.2, -0.15) is 0 Å². The van der Waals surface area contributed by atoms with Crippen LogP contribution < -0.4 is 20.9 Å². The highest BCUT2D eigenvalue weighted by Crippen LogP contribution is 2.12. The Morgan fingerprint density at radius 1 is 0.964 bits per heavy atom. The lowest BCUT2D eigenvalue weighted by molar-refractivity contribution is -0.120. The first-order valence-corrected chi connectivity index (χ1v) is 8.85. The van der Waals surface area contributed by atoms with Crippen LogP contribution in [-0.4, -0.2) is 30.9 Å². The van der Waals surface area contributed by atoms with E-state index in [1.807, 2.05) is 0 Å². The van der Waals surface area contributed by atoms with Crippen molar-refractivity contribution in [3.8, 4) is 5.75 Å². The zero-order valence-electron chi connectivity index (χ0n) is 15.5. The van der Waals surface area contributed by atoms with Crippen LogP contribution in [0.4, 0.5) is 4.39 Å². The van der Waals surface area contributed by atoms with Gasteiger partial charge in [-0.1, -0.05) is 19.4 Å². The lowest BCUT2D eigenvalue weighted by atomic mass is 10.2. The second-order valence-corrected chi connectivity index (χ2v) is 5.92. The molecule has 0 heterocycles. The standard InChI is InChI=1S/C20H22FN3O4/c1-2-3-11-28-17-9-7-14(8-10-17)20(27)24-23-18(25)13-22-19(26)15-5-4-6-16(21)12-15/h4-10,12H,2-3,11,13H2,1H3,(H,22,26)(H,23,25)(H,24,27). The lowest BCUT2D eigenvalue weighted by Crippen LogP contribution is -2.46. The molecular formula is C20H22FN3O4. The molecule has 7 nitrogen and oxygen atoms in total. The molecule has 8 heteroatoms. The second kappa shape index (κ2) is 10.7. The zero-order chi connectivity index (χ0) is 20.4. The van der Waals surface area contributed by atoms with E-state index >= 15 is 0 Å². The van der Waals surface area contributed by atoms with E-state index in [9.17, 15) is 18.8 Å². The van der Waals surface area contributed by atoms with Crippen molar-refractivity contribution in [1.82, 2.24) is 16.2 Å². The number of unbranched alkanes of at least 4 members (excludes halogenated alkanes) is 1. The fourth-order valence-corrected chi connectivity index (χ4v) is 2.17. The van der Waals surface area contributed by atoms with Crippen molar-refractivity contribution in [1.29, 1.82) is 0 Å². The number of hydrazine groups is 1. The Morgan fingerprint density at radius 3 is 2.39 bits per heavy atom. The summed E-state index contributed by atoms with van der Waals surface area (Å²) in [5.41, 5.74) is 4.88. The second-order valence-electron chi connectivity index (χ2n) is 5.92. The Labute approximate surface area is 162 Å². The maximum Gasteiger partial charge on any atom is 0.269 e. The van der Waals surface area contributed by atoms with Crippen molar-refractivity contribution in [3.05, 3.63) is 65.5 Å². The smallest absolute Gasteiger partial charge is 0.269 e. The highest BCUT2D eigenvalue weighted by molar-refractivity contribution is 5.98. The summed E-state index contributed by atoms with van der Waals surface area (Å²) in [4.78, 5) is 35.6. The number of ether oxygens (including phenoxy) is 1. The predicted molar refractivity (Wildman–Crippen MR) is 101 cm³/mol. The van der Waals surface area contributed by atoms with Gasteiger partial charge in [-0.15, -0.1) is 0 Å². The van der Waals surface area contributed by atoms with Crippen LogP contribution in [0.1, 0.15) is 40.5 Å². The van der Waals surface area contributed by atoms with Crippen LogP contribution in [0.2, 0.25) is 0 Å². The number of carbonyl (C=O) groups excluding carboxylic acids is 3. The molecular weight excluding hydrogens is 365 g/mol. The Hall–Kier alpha value is -3.42. The molecule has 0 unspecified atom stereocenters. The van der Waals surface area contributed by atoms with Gasteiger partial charge in [0.2, 0.25) is 0 Å². The molecule has 0 saturated heterocycles. The van der Waals surface area contributed by atoms with E-state index in [-0.39, 0.29) is 12.1 Å².